The van der Waals surface area contributed by atoms with Gasteiger partial charge in [0.05, 0.1) is 13.2 Å². The van der Waals surface area contributed by atoms with Crippen LogP contribution in [0.3, 0.4) is 0 Å². The highest BCUT2D eigenvalue weighted by atomic mass is 35.5. The standard InChI is InChI=1S/C16H19ClN2O3/c1-9(2)8-12-13(16(21)22-3)15(20)19-14(18-12)10-4-6-11(17)7-5-10/h4-7,9,12-13H,8H2,1-3H3,(H,18,19,20). The number of hydrogen-bond donors (Lipinski definition) is 1. The first-order chi connectivity index (χ1) is 10.4. The van der Waals surface area contributed by atoms with Gasteiger partial charge in [-0.3, -0.25) is 14.6 Å². The van der Waals surface area contributed by atoms with Crippen molar-refractivity contribution in [2.75, 3.05) is 7.11 Å². The van der Waals surface area contributed by atoms with Gasteiger partial charge < -0.3 is 10.1 Å². The Labute approximate surface area is 134 Å². The third-order valence-electron chi connectivity index (χ3n) is 3.49. The summed E-state index contributed by atoms with van der Waals surface area (Å²) in [6.45, 7) is 4.05. The highest BCUT2D eigenvalue weighted by molar-refractivity contribution is 6.30. The van der Waals surface area contributed by atoms with Crippen LogP contribution < -0.4 is 5.32 Å². The van der Waals surface area contributed by atoms with Gasteiger partial charge >= 0.3 is 5.97 Å². The minimum absolute atomic E-state index is 0.304. The van der Waals surface area contributed by atoms with E-state index in [0.29, 0.717) is 23.2 Å². The zero-order valence-electron chi connectivity index (χ0n) is 12.8. The van der Waals surface area contributed by atoms with E-state index >= 15 is 0 Å². The number of hydrogen-bond acceptors (Lipinski definition) is 4. The molecule has 6 heteroatoms. The lowest BCUT2D eigenvalue weighted by molar-refractivity contribution is -0.150. The van der Waals surface area contributed by atoms with Gasteiger partial charge in [-0.2, -0.15) is 0 Å². The van der Waals surface area contributed by atoms with E-state index in [0.717, 1.165) is 5.56 Å². The molecule has 0 aromatic heterocycles. The van der Waals surface area contributed by atoms with Crippen molar-refractivity contribution in [3.63, 3.8) is 0 Å². The lowest BCUT2D eigenvalue weighted by atomic mass is 9.90. The maximum absolute atomic E-state index is 12.3. The second kappa shape index (κ2) is 6.92. The molecular formula is C16H19ClN2O3. The number of nitrogens with one attached hydrogen (secondary N) is 1. The predicted molar refractivity (Wildman–Crippen MR) is 84.9 cm³/mol. The molecule has 1 aliphatic heterocycles. The number of halogens is 1. The maximum Gasteiger partial charge on any atom is 0.320 e. The number of nitrogens with zero attached hydrogens (tertiary/aromatic N) is 1. The molecule has 2 atom stereocenters. The Balaban J connectivity index is 2.36. The van der Waals surface area contributed by atoms with Gasteiger partial charge in [0.1, 0.15) is 5.84 Å². The van der Waals surface area contributed by atoms with Crippen molar-refractivity contribution in [1.29, 1.82) is 0 Å². The quantitative estimate of drug-likeness (QED) is 0.683. The summed E-state index contributed by atoms with van der Waals surface area (Å²) in [5.74, 6) is -1.06. The van der Waals surface area contributed by atoms with Crippen molar-refractivity contribution in [2.24, 2.45) is 16.8 Å². The van der Waals surface area contributed by atoms with Gasteiger partial charge in [-0.25, -0.2) is 0 Å². The van der Waals surface area contributed by atoms with Crippen molar-refractivity contribution in [3.05, 3.63) is 34.9 Å². The molecule has 1 N–H and O–H groups in total. The van der Waals surface area contributed by atoms with Gasteiger partial charge in [0, 0.05) is 10.6 Å². The molecule has 0 aliphatic carbocycles. The molecule has 1 aromatic rings. The van der Waals surface area contributed by atoms with E-state index < -0.39 is 17.9 Å². The van der Waals surface area contributed by atoms with Crippen LogP contribution in [0.25, 0.3) is 0 Å². The highest BCUT2D eigenvalue weighted by Crippen LogP contribution is 2.23. The first-order valence-corrected chi connectivity index (χ1v) is 7.52. The summed E-state index contributed by atoms with van der Waals surface area (Å²) >= 11 is 5.87. The topological polar surface area (TPSA) is 67.8 Å². The van der Waals surface area contributed by atoms with E-state index in [-0.39, 0.29) is 5.91 Å². The molecule has 22 heavy (non-hydrogen) atoms. The third-order valence-corrected chi connectivity index (χ3v) is 3.74. The Morgan fingerprint density at radius 3 is 2.55 bits per heavy atom. The molecule has 2 unspecified atom stereocenters. The molecule has 1 amide bonds. The van der Waals surface area contributed by atoms with E-state index in [1.54, 1.807) is 24.3 Å². The lowest BCUT2D eigenvalue weighted by Crippen LogP contribution is -2.50. The summed E-state index contributed by atoms with van der Waals surface area (Å²) in [7, 11) is 1.28. The number of amidine groups is 1. The van der Waals surface area contributed by atoms with Gasteiger partial charge in [-0.15, -0.1) is 0 Å². The number of benzene rings is 1. The van der Waals surface area contributed by atoms with E-state index in [1.165, 1.54) is 7.11 Å². The van der Waals surface area contributed by atoms with Gasteiger partial charge in [0.15, 0.2) is 5.92 Å². The first-order valence-electron chi connectivity index (χ1n) is 7.14. The molecule has 0 saturated heterocycles. The van der Waals surface area contributed by atoms with Crippen molar-refractivity contribution < 1.29 is 14.3 Å². The fraction of sp³-hybridized carbons (Fsp3) is 0.438. The molecule has 1 aromatic carbocycles. The minimum Gasteiger partial charge on any atom is -0.468 e. The molecule has 118 valence electrons. The fourth-order valence-electron chi connectivity index (χ4n) is 2.46. The molecule has 0 bridgehead atoms. The average Bonchev–Trinajstić information content (AvgIpc) is 2.46. The zero-order chi connectivity index (χ0) is 16.3. The second-order valence-electron chi connectivity index (χ2n) is 5.67. The number of ether oxygens (including phenoxy) is 1. The summed E-state index contributed by atoms with van der Waals surface area (Å²) in [4.78, 5) is 28.8. The van der Waals surface area contributed by atoms with Crippen LogP contribution in [0, 0.1) is 11.8 Å². The summed E-state index contributed by atoms with van der Waals surface area (Å²) < 4.78 is 4.74. The number of carbonyl (C=O) groups excluding carboxylic acids is 2. The predicted octanol–water partition coefficient (Wildman–Crippen LogP) is 2.42. The number of esters is 1. The zero-order valence-corrected chi connectivity index (χ0v) is 13.6. The Hall–Kier alpha value is -1.88. The molecule has 5 nitrogen and oxygen atoms in total. The van der Waals surface area contributed by atoms with Crippen molar-refractivity contribution in [2.45, 2.75) is 26.3 Å². The lowest BCUT2D eigenvalue weighted by Gasteiger charge is -2.28. The van der Waals surface area contributed by atoms with E-state index in [2.05, 4.69) is 10.3 Å². The summed E-state index contributed by atoms with van der Waals surface area (Å²) in [5, 5.41) is 3.30. The Morgan fingerprint density at radius 1 is 1.36 bits per heavy atom. The summed E-state index contributed by atoms with van der Waals surface area (Å²) in [6.07, 6.45) is 0.629. The Bertz CT molecular complexity index is 596. The molecule has 1 aliphatic rings. The summed E-state index contributed by atoms with van der Waals surface area (Å²) in [6, 6.07) is 6.61. The second-order valence-corrected chi connectivity index (χ2v) is 6.11. The number of rotatable bonds is 4. The van der Waals surface area contributed by atoms with Gasteiger partial charge in [0.2, 0.25) is 5.91 Å². The largest absolute Gasteiger partial charge is 0.468 e. The SMILES string of the molecule is COC(=O)C1C(=O)NC(c2ccc(Cl)cc2)=NC1CC(C)C. The van der Waals surface area contributed by atoms with E-state index in [4.69, 9.17) is 16.3 Å². The fourth-order valence-corrected chi connectivity index (χ4v) is 2.59. The van der Waals surface area contributed by atoms with Crippen molar-refractivity contribution >= 4 is 29.3 Å². The number of amides is 1. The van der Waals surface area contributed by atoms with Gasteiger partial charge in [-0.05, 0) is 36.6 Å². The average molecular weight is 323 g/mol. The van der Waals surface area contributed by atoms with Crippen LogP contribution in [0.1, 0.15) is 25.8 Å². The Morgan fingerprint density at radius 2 is 2.00 bits per heavy atom. The number of carbonyl (C=O) groups is 2. The normalized spacial score (nSPS) is 21.3. The van der Waals surface area contributed by atoms with Crippen LogP contribution in [0.5, 0.6) is 0 Å². The van der Waals surface area contributed by atoms with E-state index in [1.807, 2.05) is 13.8 Å². The van der Waals surface area contributed by atoms with Crippen molar-refractivity contribution in [1.82, 2.24) is 5.32 Å². The molecule has 0 spiro atoms. The smallest absolute Gasteiger partial charge is 0.320 e. The molecule has 0 saturated carbocycles. The third kappa shape index (κ3) is 3.65. The van der Waals surface area contributed by atoms with Crippen LogP contribution in [-0.4, -0.2) is 30.9 Å². The molecule has 2 rings (SSSR count). The molecule has 0 fully saturated rings. The van der Waals surface area contributed by atoms with Crippen LogP contribution in [-0.2, 0) is 14.3 Å². The Kier molecular flexibility index (Phi) is 5.19. The van der Waals surface area contributed by atoms with Gasteiger partial charge in [0.25, 0.3) is 0 Å². The van der Waals surface area contributed by atoms with Crippen LogP contribution in [0.2, 0.25) is 5.02 Å². The van der Waals surface area contributed by atoms with Crippen LogP contribution in [0.15, 0.2) is 29.3 Å². The molecule has 1 heterocycles. The monoisotopic (exact) mass is 322 g/mol. The molecule has 0 radical (unpaired) electrons. The molecular weight excluding hydrogens is 304 g/mol. The maximum atomic E-state index is 12.3. The van der Waals surface area contributed by atoms with E-state index in [9.17, 15) is 9.59 Å². The first kappa shape index (κ1) is 16.5. The minimum atomic E-state index is -0.900. The highest BCUT2D eigenvalue weighted by Gasteiger charge is 2.40. The van der Waals surface area contributed by atoms with Crippen LogP contribution >= 0.6 is 11.6 Å². The summed E-state index contributed by atoms with van der Waals surface area (Å²) in [5.41, 5.74) is 0.759. The van der Waals surface area contributed by atoms with Gasteiger partial charge in [-0.1, -0.05) is 25.4 Å². The number of methoxy groups -OCH3 is 1. The van der Waals surface area contributed by atoms with Crippen LogP contribution in [0.4, 0.5) is 0 Å². The van der Waals surface area contributed by atoms with Crippen molar-refractivity contribution in [3.8, 4) is 0 Å². The number of aliphatic imine (C=N–C) groups is 1.